The number of nitrogens with zero attached hydrogens (tertiary/aromatic N) is 4. The SMILES string of the molecule is CC(C)n1nnnc1NCc1ccccc1. The van der Waals surface area contributed by atoms with Crippen LogP contribution >= 0.6 is 0 Å². The fourth-order valence-electron chi connectivity index (χ4n) is 1.43. The standard InChI is InChI=1S/C11H15N5/c1-9(2)16-11(13-14-15-16)12-8-10-6-4-3-5-7-10/h3-7,9H,8H2,1-2H3,(H,12,13,15). The number of tetrazole rings is 1. The van der Waals surface area contributed by atoms with E-state index in [0.717, 1.165) is 6.54 Å². The van der Waals surface area contributed by atoms with Gasteiger partial charge in [-0.25, -0.2) is 4.68 Å². The lowest BCUT2D eigenvalue weighted by molar-refractivity contribution is 0.518. The second kappa shape index (κ2) is 4.74. The molecule has 0 unspecified atom stereocenters. The average molecular weight is 217 g/mol. The van der Waals surface area contributed by atoms with Gasteiger partial charge in [0.25, 0.3) is 0 Å². The van der Waals surface area contributed by atoms with Crippen LogP contribution < -0.4 is 5.32 Å². The predicted molar refractivity (Wildman–Crippen MR) is 62.0 cm³/mol. The number of hydrogen-bond acceptors (Lipinski definition) is 4. The van der Waals surface area contributed by atoms with Crippen LogP contribution in [0.5, 0.6) is 0 Å². The number of hydrogen-bond donors (Lipinski definition) is 1. The van der Waals surface area contributed by atoms with Gasteiger partial charge >= 0.3 is 0 Å². The van der Waals surface area contributed by atoms with Crippen molar-refractivity contribution in [3.63, 3.8) is 0 Å². The molecule has 0 fully saturated rings. The zero-order chi connectivity index (χ0) is 11.4. The van der Waals surface area contributed by atoms with Crippen LogP contribution in [0.4, 0.5) is 5.95 Å². The van der Waals surface area contributed by atoms with Crippen molar-refractivity contribution in [3.8, 4) is 0 Å². The Balaban J connectivity index is 2.02. The van der Waals surface area contributed by atoms with E-state index >= 15 is 0 Å². The third-order valence-corrected chi connectivity index (χ3v) is 2.28. The zero-order valence-electron chi connectivity index (χ0n) is 9.46. The summed E-state index contributed by atoms with van der Waals surface area (Å²) in [5.74, 6) is 0.707. The van der Waals surface area contributed by atoms with Gasteiger partial charge in [0, 0.05) is 6.54 Å². The van der Waals surface area contributed by atoms with Crippen LogP contribution in [0.3, 0.4) is 0 Å². The molecular weight excluding hydrogens is 202 g/mol. The molecule has 16 heavy (non-hydrogen) atoms. The summed E-state index contributed by atoms with van der Waals surface area (Å²) >= 11 is 0. The van der Waals surface area contributed by atoms with Crippen molar-refractivity contribution in [1.82, 2.24) is 20.2 Å². The minimum absolute atomic E-state index is 0.258. The zero-order valence-corrected chi connectivity index (χ0v) is 9.46. The minimum Gasteiger partial charge on any atom is -0.349 e. The summed E-state index contributed by atoms with van der Waals surface area (Å²) in [4.78, 5) is 0. The average Bonchev–Trinajstić information content (AvgIpc) is 2.76. The van der Waals surface area contributed by atoms with Crippen LogP contribution in [0.1, 0.15) is 25.5 Å². The lowest BCUT2D eigenvalue weighted by Gasteiger charge is -2.09. The maximum absolute atomic E-state index is 3.94. The molecule has 2 rings (SSSR count). The van der Waals surface area contributed by atoms with Crippen molar-refractivity contribution in [2.45, 2.75) is 26.4 Å². The van der Waals surface area contributed by atoms with Crippen LogP contribution in [-0.4, -0.2) is 20.2 Å². The van der Waals surface area contributed by atoms with Gasteiger partial charge in [-0.3, -0.25) is 0 Å². The van der Waals surface area contributed by atoms with Crippen LogP contribution in [-0.2, 0) is 6.54 Å². The Hall–Kier alpha value is -1.91. The molecule has 0 radical (unpaired) electrons. The first kappa shape index (κ1) is 10.6. The van der Waals surface area contributed by atoms with Crippen molar-refractivity contribution in [3.05, 3.63) is 35.9 Å². The Morgan fingerprint density at radius 3 is 2.69 bits per heavy atom. The second-order valence-corrected chi connectivity index (χ2v) is 3.88. The Kier molecular flexibility index (Phi) is 3.14. The monoisotopic (exact) mass is 217 g/mol. The first-order chi connectivity index (χ1) is 7.77. The molecule has 0 aliphatic rings. The van der Waals surface area contributed by atoms with Crippen molar-refractivity contribution in [1.29, 1.82) is 0 Å². The Morgan fingerprint density at radius 1 is 1.25 bits per heavy atom. The maximum Gasteiger partial charge on any atom is 0.243 e. The van der Waals surface area contributed by atoms with Crippen LogP contribution in [0.2, 0.25) is 0 Å². The molecular formula is C11H15N5. The van der Waals surface area contributed by atoms with E-state index in [1.54, 1.807) is 4.68 Å². The molecule has 1 aromatic heterocycles. The van der Waals surface area contributed by atoms with Crippen LogP contribution in [0.25, 0.3) is 0 Å². The van der Waals surface area contributed by atoms with E-state index in [2.05, 4.69) is 33.0 Å². The van der Waals surface area contributed by atoms with E-state index in [0.29, 0.717) is 5.95 Å². The molecule has 0 amide bonds. The van der Waals surface area contributed by atoms with Crippen molar-refractivity contribution in [2.24, 2.45) is 0 Å². The quantitative estimate of drug-likeness (QED) is 0.849. The largest absolute Gasteiger partial charge is 0.349 e. The van der Waals surface area contributed by atoms with Gasteiger partial charge in [-0.15, -0.1) is 0 Å². The van der Waals surface area contributed by atoms with Gasteiger partial charge in [-0.1, -0.05) is 35.4 Å². The van der Waals surface area contributed by atoms with Crippen molar-refractivity contribution in [2.75, 3.05) is 5.32 Å². The molecule has 0 bridgehead atoms. The highest BCUT2D eigenvalue weighted by Crippen LogP contribution is 2.09. The highest BCUT2D eigenvalue weighted by Gasteiger charge is 2.07. The van der Waals surface area contributed by atoms with Gasteiger partial charge in [0.1, 0.15) is 0 Å². The van der Waals surface area contributed by atoms with Crippen molar-refractivity contribution < 1.29 is 0 Å². The first-order valence-corrected chi connectivity index (χ1v) is 5.33. The minimum atomic E-state index is 0.258. The lowest BCUT2D eigenvalue weighted by Crippen LogP contribution is -2.10. The van der Waals surface area contributed by atoms with E-state index < -0.39 is 0 Å². The van der Waals surface area contributed by atoms with Gasteiger partial charge in [0.05, 0.1) is 6.04 Å². The first-order valence-electron chi connectivity index (χ1n) is 5.33. The van der Waals surface area contributed by atoms with E-state index in [1.807, 2.05) is 32.0 Å². The molecule has 1 aromatic carbocycles. The predicted octanol–water partition coefficient (Wildman–Crippen LogP) is 1.87. The molecule has 0 aliphatic heterocycles. The summed E-state index contributed by atoms with van der Waals surface area (Å²) in [6, 6.07) is 10.4. The molecule has 0 aliphatic carbocycles. The molecule has 1 N–H and O–H groups in total. The van der Waals surface area contributed by atoms with Gasteiger partial charge < -0.3 is 5.32 Å². The summed E-state index contributed by atoms with van der Waals surface area (Å²) in [7, 11) is 0. The van der Waals surface area contributed by atoms with E-state index in [1.165, 1.54) is 5.56 Å². The van der Waals surface area contributed by atoms with Gasteiger partial charge in [0.15, 0.2) is 0 Å². The number of benzene rings is 1. The fraction of sp³-hybridized carbons (Fsp3) is 0.364. The van der Waals surface area contributed by atoms with Gasteiger partial charge in [-0.2, -0.15) is 0 Å². The summed E-state index contributed by atoms with van der Waals surface area (Å²) in [6.07, 6.45) is 0. The fourth-order valence-corrected chi connectivity index (χ4v) is 1.43. The van der Waals surface area contributed by atoms with E-state index in [9.17, 15) is 0 Å². The Bertz CT molecular complexity index is 435. The summed E-state index contributed by atoms with van der Waals surface area (Å²) < 4.78 is 1.77. The summed E-state index contributed by atoms with van der Waals surface area (Å²) in [6.45, 7) is 4.82. The smallest absolute Gasteiger partial charge is 0.243 e. The molecule has 0 saturated heterocycles. The molecule has 0 saturated carbocycles. The maximum atomic E-state index is 3.94. The van der Waals surface area contributed by atoms with Gasteiger partial charge in [-0.05, 0) is 29.8 Å². The number of nitrogens with one attached hydrogen (secondary N) is 1. The van der Waals surface area contributed by atoms with Crippen molar-refractivity contribution >= 4 is 5.95 Å². The third-order valence-electron chi connectivity index (χ3n) is 2.28. The van der Waals surface area contributed by atoms with E-state index in [-0.39, 0.29) is 6.04 Å². The normalized spacial score (nSPS) is 10.7. The molecule has 84 valence electrons. The topological polar surface area (TPSA) is 55.6 Å². The lowest BCUT2D eigenvalue weighted by atomic mass is 10.2. The van der Waals surface area contributed by atoms with Gasteiger partial charge in [0.2, 0.25) is 5.95 Å². The summed E-state index contributed by atoms with van der Waals surface area (Å²) in [5, 5.41) is 14.7. The molecule has 0 spiro atoms. The second-order valence-electron chi connectivity index (χ2n) is 3.88. The van der Waals surface area contributed by atoms with Crippen LogP contribution in [0.15, 0.2) is 30.3 Å². The summed E-state index contributed by atoms with van der Waals surface area (Å²) in [5.41, 5.74) is 1.21. The molecule has 0 atom stereocenters. The Morgan fingerprint density at radius 2 is 2.00 bits per heavy atom. The molecule has 1 heterocycles. The highest BCUT2D eigenvalue weighted by atomic mass is 15.6. The molecule has 2 aromatic rings. The number of anilines is 1. The number of rotatable bonds is 4. The number of aromatic nitrogens is 4. The third kappa shape index (κ3) is 2.36. The van der Waals surface area contributed by atoms with Crippen LogP contribution in [0, 0.1) is 0 Å². The van der Waals surface area contributed by atoms with E-state index in [4.69, 9.17) is 0 Å². The molecule has 5 heteroatoms. The Labute approximate surface area is 94.5 Å². The highest BCUT2D eigenvalue weighted by molar-refractivity contribution is 5.26. The molecule has 5 nitrogen and oxygen atoms in total.